The molecule has 0 bridgehead atoms. The van der Waals surface area contributed by atoms with Gasteiger partial charge in [0.15, 0.2) is 0 Å². The monoisotopic (exact) mass is 209 g/mol. The first kappa shape index (κ1) is 10.9. The van der Waals surface area contributed by atoms with Crippen molar-refractivity contribution in [3.63, 3.8) is 0 Å². The van der Waals surface area contributed by atoms with Crippen LogP contribution in [0, 0.1) is 5.92 Å². The van der Waals surface area contributed by atoms with Gasteiger partial charge >= 0.3 is 0 Å². The van der Waals surface area contributed by atoms with Crippen LogP contribution in [0.4, 0.5) is 0 Å². The molecule has 0 heterocycles. The fraction of sp³-hybridized carbons (Fsp3) is 0.188. The molecule has 0 spiro atoms. The fourth-order valence-corrected chi connectivity index (χ4v) is 1.95. The van der Waals surface area contributed by atoms with Crippen LogP contribution in [-0.4, -0.2) is 0 Å². The SMILES string of the molecule is C[C](C)Cc1ccccc1-c1ccccc1. The minimum absolute atomic E-state index is 1.06. The summed E-state index contributed by atoms with van der Waals surface area (Å²) in [6, 6.07) is 19.2. The zero-order valence-corrected chi connectivity index (χ0v) is 9.90. The lowest BCUT2D eigenvalue weighted by molar-refractivity contribution is 0.958. The summed E-state index contributed by atoms with van der Waals surface area (Å²) < 4.78 is 0. The van der Waals surface area contributed by atoms with Gasteiger partial charge in [0.25, 0.3) is 0 Å². The zero-order chi connectivity index (χ0) is 11.4. The van der Waals surface area contributed by atoms with Crippen LogP contribution < -0.4 is 0 Å². The molecule has 0 aromatic heterocycles. The summed E-state index contributed by atoms with van der Waals surface area (Å²) in [6.45, 7) is 4.36. The van der Waals surface area contributed by atoms with E-state index < -0.39 is 0 Å². The molecule has 2 rings (SSSR count). The topological polar surface area (TPSA) is 0 Å². The highest BCUT2D eigenvalue weighted by molar-refractivity contribution is 5.67. The van der Waals surface area contributed by atoms with E-state index in [2.05, 4.69) is 68.4 Å². The second-order valence-electron chi connectivity index (χ2n) is 4.41. The van der Waals surface area contributed by atoms with E-state index in [9.17, 15) is 0 Å². The predicted molar refractivity (Wildman–Crippen MR) is 70.2 cm³/mol. The molecule has 0 atom stereocenters. The van der Waals surface area contributed by atoms with Crippen LogP contribution in [0.25, 0.3) is 11.1 Å². The molecule has 2 aromatic rings. The smallest absolute Gasteiger partial charge is 0.0152 e. The summed E-state index contributed by atoms with van der Waals surface area (Å²) in [5.74, 6) is 1.45. The maximum absolute atomic E-state index is 2.22. The summed E-state index contributed by atoms with van der Waals surface area (Å²) in [7, 11) is 0. The van der Waals surface area contributed by atoms with E-state index in [1.54, 1.807) is 0 Å². The Morgan fingerprint density at radius 3 is 2.12 bits per heavy atom. The van der Waals surface area contributed by atoms with Gasteiger partial charge in [-0.15, -0.1) is 0 Å². The third-order valence-electron chi connectivity index (χ3n) is 2.65. The van der Waals surface area contributed by atoms with Gasteiger partial charge in [0.1, 0.15) is 0 Å². The maximum atomic E-state index is 2.22. The van der Waals surface area contributed by atoms with E-state index in [1.807, 2.05) is 0 Å². The highest BCUT2D eigenvalue weighted by Crippen LogP contribution is 2.25. The van der Waals surface area contributed by atoms with Crippen molar-refractivity contribution in [2.75, 3.05) is 0 Å². The second kappa shape index (κ2) is 4.98. The van der Waals surface area contributed by atoms with Crippen molar-refractivity contribution < 1.29 is 0 Å². The minimum atomic E-state index is 1.06. The molecule has 0 saturated heterocycles. The standard InChI is InChI=1S/C16H17/c1-13(2)12-15-10-6-7-11-16(15)14-8-4-3-5-9-14/h3-11H,12H2,1-2H3. The van der Waals surface area contributed by atoms with E-state index >= 15 is 0 Å². The Kier molecular flexibility index (Phi) is 3.40. The first-order valence-electron chi connectivity index (χ1n) is 5.70. The molecule has 0 unspecified atom stereocenters. The Morgan fingerprint density at radius 2 is 1.44 bits per heavy atom. The van der Waals surface area contributed by atoms with Crippen LogP contribution in [0.3, 0.4) is 0 Å². The van der Waals surface area contributed by atoms with E-state index in [4.69, 9.17) is 0 Å². The zero-order valence-electron chi connectivity index (χ0n) is 9.90. The van der Waals surface area contributed by atoms with E-state index in [0.717, 1.165) is 6.42 Å². The van der Waals surface area contributed by atoms with E-state index in [-0.39, 0.29) is 0 Å². The molecule has 0 N–H and O–H groups in total. The van der Waals surface area contributed by atoms with Gasteiger partial charge in [-0.05, 0) is 29.0 Å². The molecular formula is C16H17. The molecule has 0 aliphatic rings. The highest BCUT2D eigenvalue weighted by atomic mass is 14.1. The lowest BCUT2D eigenvalue weighted by Gasteiger charge is -2.11. The van der Waals surface area contributed by atoms with Crippen molar-refractivity contribution in [2.24, 2.45) is 0 Å². The summed E-state index contributed by atoms with van der Waals surface area (Å²) in [5.41, 5.74) is 4.07. The molecule has 0 saturated carbocycles. The van der Waals surface area contributed by atoms with E-state index in [0.29, 0.717) is 0 Å². The highest BCUT2D eigenvalue weighted by Gasteiger charge is 2.05. The molecular weight excluding hydrogens is 192 g/mol. The number of hydrogen-bond donors (Lipinski definition) is 0. The Bertz CT molecular complexity index is 441. The first-order chi connectivity index (χ1) is 7.77. The minimum Gasteiger partial charge on any atom is -0.0622 e. The average Bonchev–Trinajstić information content (AvgIpc) is 2.30. The van der Waals surface area contributed by atoms with Crippen LogP contribution >= 0.6 is 0 Å². The Balaban J connectivity index is 2.41. The van der Waals surface area contributed by atoms with E-state index in [1.165, 1.54) is 22.6 Å². The largest absolute Gasteiger partial charge is 0.0622 e. The van der Waals surface area contributed by atoms with Gasteiger partial charge in [-0.2, -0.15) is 0 Å². The van der Waals surface area contributed by atoms with Gasteiger partial charge in [0, 0.05) is 0 Å². The van der Waals surface area contributed by atoms with Crippen LogP contribution in [0.1, 0.15) is 19.4 Å². The maximum Gasteiger partial charge on any atom is -0.0152 e. The van der Waals surface area contributed by atoms with Gasteiger partial charge < -0.3 is 0 Å². The lowest BCUT2D eigenvalue weighted by Crippen LogP contribution is -1.94. The summed E-state index contributed by atoms with van der Waals surface area (Å²) >= 11 is 0. The van der Waals surface area contributed by atoms with Gasteiger partial charge in [-0.25, -0.2) is 0 Å². The van der Waals surface area contributed by atoms with Crippen molar-refractivity contribution in [3.05, 3.63) is 66.1 Å². The Hall–Kier alpha value is -1.56. The van der Waals surface area contributed by atoms with Gasteiger partial charge in [0.05, 0.1) is 0 Å². The molecule has 2 aromatic carbocycles. The average molecular weight is 209 g/mol. The van der Waals surface area contributed by atoms with Gasteiger partial charge in [-0.3, -0.25) is 0 Å². The normalized spacial score (nSPS) is 10.7. The summed E-state index contributed by atoms with van der Waals surface area (Å²) in [6.07, 6.45) is 1.06. The predicted octanol–water partition coefficient (Wildman–Crippen LogP) is 4.51. The fourth-order valence-electron chi connectivity index (χ4n) is 1.95. The summed E-state index contributed by atoms with van der Waals surface area (Å²) in [4.78, 5) is 0. The number of rotatable bonds is 3. The summed E-state index contributed by atoms with van der Waals surface area (Å²) in [5, 5.41) is 0. The second-order valence-corrected chi connectivity index (χ2v) is 4.41. The molecule has 0 heteroatoms. The van der Waals surface area contributed by atoms with Crippen LogP contribution in [0.2, 0.25) is 0 Å². The first-order valence-corrected chi connectivity index (χ1v) is 5.70. The van der Waals surface area contributed by atoms with Crippen LogP contribution in [0.5, 0.6) is 0 Å². The van der Waals surface area contributed by atoms with Crippen LogP contribution in [0.15, 0.2) is 54.6 Å². The van der Waals surface area contributed by atoms with Crippen molar-refractivity contribution in [1.82, 2.24) is 0 Å². The molecule has 1 radical (unpaired) electrons. The Labute approximate surface area is 97.9 Å². The molecule has 0 aliphatic heterocycles. The molecule has 16 heavy (non-hydrogen) atoms. The van der Waals surface area contributed by atoms with Crippen molar-refractivity contribution in [2.45, 2.75) is 20.3 Å². The van der Waals surface area contributed by atoms with Crippen molar-refractivity contribution >= 4 is 0 Å². The van der Waals surface area contributed by atoms with Crippen molar-refractivity contribution in [1.29, 1.82) is 0 Å². The third kappa shape index (κ3) is 2.52. The lowest BCUT2D eigenvalue weighted by atomic mass is 9.94. The quantitative estimate of drug-likeness (QED) is 0.697. The molecule has 0 nitrogen and oxygen atoms in total. The number of benzene rings is 2. The van der Waals surface area contributed by atoms with Crippen LogP contribution in [-0.2, 0) is 6.42 Å². The van der Waals surface area contributed by atoms with Gasteiger partial charge in [0.2, 0.25) is 0 Å². The van der Waals surface area contributed by atoms with Gasteiger partial charge in [-0.1, -0.05) is 68.4 Å². The molecule has 0 aliphatic carbocycles. The third-order valence-corrected chi connectivity index (χ3v) is 2.65. The van der Waals surface area contributed by atoms with Crippen molar-refractivity contribution in [3.8, 4) is 11.1 Å². The Morgan fingerprint density at radius 1 is 0.812 bits per heavy atom. The molecule has 0 amide bonds. The molecule has 0 fully saturated rings. The number of hydrogen-bond acceptors (Lipinski definition) is 0. The molecule has 81 valence electrons.